The fraction of sp³-hybridized carbons (Fsp3) is 0.312. The lowest BCUT2D eigenvalue weighted by atomic mass is 10.1. The Morgan fingerprint density at radius 3 is 3.09 bits per heavy atom. The Balaban J connectivity index is 1.73. The molecular weight excluding hydrogens is 296 g/mol. The molecule has 118 valence electrons. The minimum Gasteiger partial charge on any atom is -0.459 e. The van der Waals surface area contributed by atoms with E-state index in [1.54, 1.807) is 24.0 Å². The van der Waals surface area contributed by atoms with Crippen LogP contribution in [0.5, 0.6) is 0 Å². The molecule has 0 bridgehead atoms. The largest absolute Gasteiger partial charge is 0.459 e. The maximum Gasteiger partial charge on any atom is 0.290 e. The number of amides is 1. The number of hydrogen-bond donors (Lipinski definition) is 1. The Hall–Kier alpha value is -2.83. The SMILES string of the molecule is Cc1cc(=O)n2[nH]c([C@H]3CCCN3C(=O)c3ccco3)cc2n1. The number of rotatable bonds is 2. The highest BCUT2D eigenvalue weighted by Crippen LogP contribution is 2.32. The van der Waals surface area contributed by atoms with E-state index in [9.17, 15) is 9.59 Å². The molecule has 23 heavy (non-hydrogen) atoms. The van der Waals surface area contributed by atoms with Crippen molar-refractivity contribution < 1.29 is 9.21 Å². The Morgan fingerprint density at radius 2 is 2.30 bits per heavy atom. The van der Waals surface area contributed by atoms with Crippen molar-refractivity contribution in [2.24, 2.45) is 0 Å². The highest BCUT2D eigenvalue weighted by atomic mass is 16.3. The molecule has 1 amide bonds. The van der Waals surface area contributed by atoms with E-state index in [0.717, 1.165) is 18.5 Å². The molecule has 0 radical (unpaired) electrons. The van der Waals surface area contributed by atoms with Crippen LogP contribution in [0.15, 0.2) is 39.7 Å². The van der Waals surface area contributed by atoms with Crippen LogP contribution in [0.3, 0.4) is 0 Å². The van der Waals surface area contributed by atoms with Gasteiger partial charge in [0.25, 0.3) is 11.5 Å². The third kappa shape index (κ3) is 2.25. The molecular formula is C16H16N4O3. The van der Waals surface area contributed by atoms with E-state index in [-0.39, 0.29) is 17.5 Å². The average Bonchev–Trinajstić information content (AvgIpc) is 3.25. The lowest BCUT2D eigenvalue weighted by molar-refractivity contribution is 0.0700. The topological polar surface area (TPSA) is 83.6 Å². The molecule has 1 fully saturated rings. The standard InChI is InChI=1S/C16H16N4O3/c1-10-8-15(21)20-14(17-10)9-11(18-20)12-4-2-6-19(12)16(22)13-5-3-7-23-13/h3,5,7-9,12,18H,2,4,6H2,1H3/t12-/m1/s1. The molecule has 4 heterocycles. The van der Waals surface area contributed by atoms with Crippen molar-refractivity contribution in [3.8, 4) is 0 Å². The second-order valence-electron chi connectivity index (χ2n) is 5.77. The lowest BCUT2D eigenvalue weighted by Crippen LogP contribution is -2.30. The van der Waals surface area contributed by atoms with E-state index >= 15 is 0 Å². The summed E-state index contributed by atoms with van der Waals surface area (Å²) < 4.78 is 6.63. The second kappa shape index (κ2) is 5.12. The smallest absolute Gasteiger partial charge is 0.290 e. The van der Waals surface area contributed by atoms with Crippen LogP contribution in [0.4, 0.5) is 0 Å². The zero-order valence-corrected chi connectivity index (χ0v) is 12.7. The van der Waals surface area contributed by atoms with Gasteiger partial charge in [-0.05, 0) is 31.9 Å². The van der Waals surface area contributed by atoms with Crippen molar-refractivity contribution in [1.29, 1.82) is 0 Å². The Morgan fingerprint density at radius 1 is 1.43 bits per heavy atom. The first-order valence-electron chi connectivity index (χ1n) is 7.57. The minimum atomic E-state index is -0.152. The second-order valence-corrected chi connectivity index (χ2v) is 5.77. The van der Waals surface area contributed by atoms with Crippen LogP contribution in [0.25, 0.3) is 5.65 Å². The number of furan rings is 1. The van der Waals surface area contributed by atoms with Gasteiger partial charge in [0, 0.05) is 24.4 Å². The molecule has 7 heteroatoms. The zero-order chi connectivity index (χ0) is 16.0. The van der Waals surface area contributed by atoms with Gasteiger partial charge in [0.15, 0.2) is 11.4 Å². The fourth-order valence-corrected chi connectivity index (χ4v) is 3.17. The first-order chi connectivity index (χ1) is 11.1. The summed E-state index contributed by atoms with van der Waals surface area (Å²) in [7, 11) is 0. The molecule has 0 spiro atoms. The molecule has 3 aromatic rings. The predicted octanol–water partition coefficient (Wildman–Crippen LogP) is 1.90. The monoisotopic (exact) mass is 312 g/mol. The van der Waals surface area contributed by atoms with Gasteiger partial charge in [-0.2, -0.15) is 0 Å². The van der Waals surface area contributed by atoms with Crippen molar-refractivity contribution in [2.75, 3.05) is 6.54 Å². The van der Waals surface area contributed by atoms with Crippen LogP contribution in [-0.2, 0) is 0 Å². The number of nitrogens with one attached hydrogen (secondary N) is 1. The highest BCUT2D eigenvalue weighted by molar-refractivity contribution is 5.91. The molecule has 1 aliphatic heterocycles. The third-order valence-electron chi connectivity index (χ3n) is 4.20. The number of likely N-dealkylation sites (tertiary alicyclic amines) is 1. The van der Waals surface area contributed by atoms with Crippen LogP contribution in [0.2, 0.25) is 0 Å². The Bertz CT molecular complexity index is 923. The minimum absolute atomic E-state index is 0.103. The summed E-state index contributed by atoms with van der Waals surface area (Å²) in [4.78, 5) is 30.7. The van der Waals surface area contributed by atoms with Gasteiger partial charge in [0.1, 0.15) is 0 Å². The van der Waals surface area contributed by atoms with Gasteiger partial charge in [0.05, 0.1) is 18.0 Å². The summed E-state index contributed by atoms with van der Waals surface area (Å²) in [6, 6.07) is 6.58. The summed E-state index contributed by atoms with van der Waals surface area (Å²) in [5.74, 6) is 0.201. The van der Waals surface area contributed by atoms with Gasteiger partial charge in [-0.25, -0.2) is 9.50 Å². The van der Waals surface area contributed by atoms with Crippen molar-refractivity contribution in [1.82, 2.24) is 19.5 Å². The number of carbonyl (C=O) groups is 1. The van der Waals surface area contributed by atoms with E-state index in [2.05, 4.69) is 10.1 Å². The number of H-pyrrole nitrogens is 1. The van der Waals surface area contributed by atoms with Gasteiger partial charge in [-0.1, -0.05) is 0 Å². The van der Waals surface area contributed by atoms with Crippen LogP contribution in [-0.4, -0.2) is 31.9 Å². The fourth-order valence-electron chi connectivity index (χ4n) is 3.17. The maximum atomic E-state index is 12.6. The first-order valence-corrected chi connectivity index (χ1v) is 7.57. The lowest BCUT2D eigenvalue weighted by Gasteiger charge is -2.22. The van der Waals surface area contributed by atoms with Gasteiger partial charge in [-0.3, -0.25) is 14.7 Å². The van der Waals surface area contributed by atoms with Gasteiger partial charge < -0.3 is 9.32 Å². The molecule has 1 atom stereocenters. The van der Waals surface area contributed by atoms with Gasteiger partial charge >= 0.3 is 0 Å². The van der Waals surface area contributed by atoms with Crippen molar-refractivity contribution >= 4 is 11.6 Å². The number of aryl methyl sites for hydroxylation is 1. The van der Waals surface area contributed by atoms with E-state index in [0.29, 0.717) is 23.6 Å². The van der Waals surface area contributed by atoms with Gasteiger partial charge in [0.2, 0.25) is 0 Å². The number of aromatic amines is 1. The van der Waals surface area contributed by atoms with E-state index in [1.165, 1.54) is 16.8 Å². The van der Waals surface area contributed by atoms with E-state index in [4.69, 9.17) is 4.42 Å². The number of hydrogen-bond acceptors (Lipinski definition) is 4. The molecule has 0 unspecified atom stereocenters. The van der Waals surface area contributed by atoms with Crippen molar-refractivity contribution in [3.05, 3.63) is 58.0 Å². The van der Waals surface area contributed by atoms with E-state index < -0.39 is 0 Å². The zero-order valence-electron chi connectivity index (χ0n) is 12.7. The average molecular weight is 312 g/mol. The number of aromatic nitrogens is 3. The molecule has 0 aromatic carbocycles. The molecule has 1 aliphatic rings. The van der Waals surface area contributed by atoms with Crippen molar-refractivity contribution in [3.63, 3.8) is 0 Å². The Labute approximate surface area is 131 Å². The third-order valence-corrected chi connectivity index (χ3v) is 4.20. The van der Waals surface area contributed by atoms with Crippen molar-refractivity contribution in [2.45, 2.75) is 25.8 Å². The molecule has 3 aromatic heterocycles. The summed E-state index contributed by atoms with van der Waals surface area (Å²) in [5, 5.41) is 3.08. The number of fused-ring (bicyclic) bond motifs is 1. The molecule has 0 saturated carbocycles. The van der Waals surface area contributed by atoms with Crippen LogP contribution in [0.1, 0.15) is 40.8 Å². The first kappa shape index (κ1) is 13.8. The summed E-state index contributed by atoms with van der Waals surface area (Å²) >= 11 is 0. The number of carbonyl (C=O) groups excluding carboxylic acids is 1. The number of nitrogens with zero attached hydrogens (tertiary/aromatic N) is 3. The molecule has 1 saturated heterocycles. The van der Waals surface area contributed by atoms with Gasteiger partial charge in [-0.15, -0.1) is 0 Å². The van der Waals surface area contributed by atoms with Crippen LogP contribution in [0, 0.1) is 6.92 Å². The summed E-state index contributed by atoms with van der Waals surface area (Å²) in [5.41, 5.74) is 1.91. The summed E-state index contributed by atoms with van der Waals surface area (Å²) in [6.45, 7) is 2.46. The molecule has 7 nitrogen and oxygen atoms in total. The highest BCUT2D eigenvalue weighted by Gasteiger charge is 2.33. The molecule has 0 aliphatic carbocycles. The van der Waals surface area contributed by atoms with Crippen LogP contribution >= 0.6 is 0 Å². The normalized spacial score (nSPS) is 18.0. The van der Waals surface area contributed by atoms with E-state index in [1.807, 2.05) is 6.07 Å². The molecule has 1 N–H and O–H groups in total. The summed E-state index contributed by atoms with van der Waals surface area (Å²) in [6.07, 6.45) is 3.24. The van der Waals surface area contributed by atoms with Crippen LogP contribution < -0.4 is 5.56 Å². The molecule has 4 rings (SSSR count). The predicted molar refractivity (Wildman–Crippen MR) is 82.3 cm³/mol. The quantitative estimate of drug-likeness (QED) is 0.783. The Kier molecular flexibility index (Phi) is 3.07. The maximum absolute atomic E-state index is 12.6.